The molecular weight excluding hydrogens is 244 g/mol. The summed E-state index contributed by atoms with van der Waals surface area (Å²) >= 11 is 5.78. The van der Waals surface area contributed by atoms with Gasteiger partial charge in [-0.25, -0.2) is 14.8 Å². The molecule has 92 valence electrons. The zero-order chi connectivity index (χ0) is 12.4. The summed E-state index contributed by atoms with van der Waals surface area (Å²) in [5.74, 6) is -0.305. The molecule has 2 N–H and O–H groups in total. The molecule has 0 saturated carbocycles. The molecule has 0 spiro atoms. The van der Waals surface area contributed by atoms with Gasteiger partial charge in [0, 0.05) is 31.4 Å². The van der Waals surface area contributed by atoms with Gasteiger partial charge in [-0.15, -0.1) is 0 Å². The van der Waals surface area contributed by atoms with E-state index in [9.17, 15) is 4.79 Å². The summed E-state index contributed by atoms with van der Waals surface area (Å²) in [4.78, 5) is 20.9. The SMILES string of the molecule is Cc1cc(N2CCNC[C@H]2C(=O)O)nc(Cl)n1. The third-order valence-electron chi connectivity index (χ3n) is 2.64. The van der Waals surface area contributed by atoms with Gasteiger partial charge in [0.15, 0.2) is 0 Å². The van der Waals surface area contributed by atoms with Gasteiger partial charge in [0.05, 0.1) is 0 Å². The average Bonchev–Trinajstić information content (AvgIpc) is 2.27. The van der Waals surface area contributed by atoms with Crippen LogP contribution in [-0.2, 0) is 4.79 Å². The summed E-state index contributed by atoms with van der Waals surface area (Å²) in [6.45, 7) is 3.51. The zero-order valence-electron chi connectivity index (χ0n) is 9.35. The van der Waals surface area contributed by atoms with Crippen molar-refractivity contribution in [3.63, 3.8) is 0 Å². The smallest absolute Gasteiger partial charge is 0.327 e. The van der Waals surface area contributed by atoms with Gasteiger partial charge >= 0.3 is 5.97 Å². The van der Waals surface area contributed by atoms with E-state index in [1.54, 1.807) is 17.9 Å². The molecule has 17 heavy (non-hydrogen) atoms. The highest BCUT2D eigenvalue weighted by atomic mass is 35.5. The van der Waals surface area contributed by atoms with E-state index < -0.39 is 12.0 Å². The van der Waals surface area contributed by atoms with Crippen LogP contribution in [0.2, 0.25) is 5.28 Å². The van der Waals surface area contributed by atoms with Crippen LogP contribution in [-0.4, -0.2) is 46.7 Å². The quantitative estimate of drug-likeness (QED) is 0.741. The second-order valence-corrected chi connectivity index (χ2v) is 4.23. The van der Waals surface area contributed by atoms with Crippen LogP contribution in [0, 0.1) is 6.92 Å². The number of carboxylic acid groups (broad SMARTS) is 1. The Bertz CT molecular complexity index is 420. The standard InChI is InChI=1S/C10H13ClN4O2/c1-6-4-8(14-10(11)13-6)15-3-2-12-5-7(15)9(16)17/h4,7,12H,2-3,5H2,1H3,(H,16,17)/t7-/m0/s1. The summed E-state index contributed by atoms with van der Waals surface area (Å²) in [6, 6.07) is 1.13. The van der Waals surface area contributed by atoms with Gasteiger partial charge < -0.3 is 15.3 Å². The number of aryl methyl sites for hydroxylation is 1. The lowest BCUT2D eigenvalue weighted by Crippen LogP contribution is -2.55. The van der Waals surface area contributed by atoms with Crippen LogP contribution in [0.1, 0.15) is 5.69 Å². The predicted molar refractivity (Wildman–Crippen MR) is 63.4 cm³/mol. The normalized spacial score (nSPS) is 20.4. The first-order valence-electron chi connectivity index (χ1n) is 5.29. The first-order valence-corrected chi connectivity index (χ1v) is 5.67. The van der Waals surface area contributed by atoms with Crippen LogP contribution in [0.4, 0.5) is 5.82 Å². The van der Waals surface area contributed by atoms with Gasteiger partial charge in [0.1, 0.15) is 11.9 Å². The summed E-state index contributed by atoms with van der Waals surface area (Å²) in [6.07, 6.45) is 0. The number of hydrogen-bond acceptors (Lipinski definition) is 5. The fourth-order valence-corrected chi connectivity index (χ4v) is 2.08. The van der Waals surface area contributed by atoms with Gasteiger partial charge in [-0.3, -0.25) is 0 Å². The monoisotopic (exact) mass is 256 g/mol. The second kappa shape index (κ2) is 4.85. The van der Waals surface area contributed by atoms with Crippen molar-refractivity contribution in [2.75, 3.05) is 24.5 Å². The van der Waals surface area contributed by atoms with E-state index in [-0.39, 0.29) is 5.28 Å². The van der Waals surface area contributed by atoms with E-state index in [2.05, 4.69) is 15.3 Å². The van der Waals surface area contributed by atoms with Crippen molar-refractivity contribution in [2.24, 2.45) is 0 Å². The van der Waals surface area contributed by atoms with Gasteiger partial charge in [-0.2, -0.15) is 0 Å². The second-order valence-electron chi connectivity index (χ2n) is 3.89. The molecule has 1 aliphatic heterocycles. The summed E-state index contributed by atoms with van der Waals surface area (Å²) in [5.41, 5.74) is 0.725. The third-order valence-corrected chi connectivity index (χ3v) is 2.81. The Balaban J connectivity index is 2.32. The maximum Gasteiger partial charge on any atom is 0.327 e. The number of anilines is 1. The van der Waals surface area contributed by atoms with Crippen molar-refractivity contribution in [1.82, 2.24) is 15.3 Å². The molecule has 1 fully saturated rings. The van der Waals surface area contributed by atoms with E-state index in [0.29, 0.717) is 18.9 Å². The fraction of sp³-hybridized carbons (Fsp3) is 0.500. The Labute approximate surface area is 104 Å². The maximum atomic E-state index is 11.1. The minimum absolute atomic E-state index is 0.141. The number of halogens is 1. The first kappa shape index (κ1) is 12.1. The molecule has 0 bridgehead atoms. The number of carboxylic acids is 1. The van der Waals surface area contributed by atoms with Crippen molar-refractivity contribution in [3.8, 4) is 0 Å². The Hall–Kier alpha value is -1.40. The molecule has 2 rings (SSSR count). The molecule has 1 aromatic heterocycles. The lowest BCUT2D eigenvalue weighted by Gasteiger charge is -2.34. The molecule has 0 amide bonds. The molecule has 2 heterocycles. The van der Waals surface area contributed by atoms with E-state index >= 15 is 0 Å². The Morgan fingerprint density at radius 1 is 1.65 bits per heavy atom. The molecule has 0 radical (unpaired) electrons. The van der Waals surface area contributed by atoms with Gasteiger partial charge in [0.2, 0.25) is 5.28 Å². The molecule has 1 aromatic rings. The van der Waals surface area contributed by atoms with Crippen LogP contribution in [0.5, 0.6) is 0 Å². The van der Waals surface area contributed by atoms with Crippen LogP contribution in [0.15, 0.2) is 6.07 Å². The average molecular weight is 257 g/mol. The van der Waals surface area contributed by atoms with Crippen LogP contribution < -0.4 is 10.2 Å². The summed E-state index contributed by atoms with van der Waals surface area (Å²) in [5, 5.41) is 12.3. The Kier molecular flexibility index (Phi) is 3.44. The molecule has 0 aliphatic carbocycles. The predicted octanol–water partition coefficient (Wildman–Crippen LogP) is 0.301. The number of rotatable bonds is 2. The number of hydrogen-bond donors (Lipinski definition) is 2. The van der Waals surface area contributed by atoms with E-state index in [0.717, 1.165) is 12.2 Å². The highest BCUT2D eigenvalue weighted by Crippen LogP contribution is 2.18. The lowest BCUT2D eigenvalue weighted by atomic mass is 10.2. The summed E-state index contributed by atoms with van der Waals surface area (Å²) in [7, 11) is 0. The molecule has 0 aromatic carbocycles. The van der Waals surface area contributed by atoms with Gasteiger partial charge in [-0.05, 0) is 18.5 Å². The van der Waals surface area contributed by atoms with Crippen molar-refractivity contribution in [2.45, 2.75) is 13.0 Å². The van der Waals surface area contributed by atoms with Crippen molar-refractivity contribution in [1.29, 1.82) is 0 Å². The lowest BCUT2D eigenvalue weighted by molar-refractivity contribution is -0.138. The van der Waals surface area contributed by atoms with E-state index in [1.807, 2.05) is 0 Å². The minimum Gasteiger partial charge on any atom is -0.480 e. The highest BCUT2D eigenvalue weighted by Gasteiger charge is 2.29. The molecule has 1 aliphatic rings. The van der Waals surface area contributed by atoms with Gasteiger partial charge in [0.25, 0.3) is 0 Å². The summed E-state index contributed by atoms with van der Waals surface area (Å²) < 4.78 is 0. The number of piperazine rings is 1. The van der Waals surface area contributed by atoms with Crippen LogP contribution in [0.25, 0.3) is 0 Å². The first-order chi connectivity index (χ1) is 8.08. The molecule has 1 atom stereocenters. The zero-order valence-corrected chi connectivity index (χ0v) is 10.1. The third kappa shape index (κ3) is 2.65. The van der Waals surface area contributed by atoms with Gasteiger partial charge in [-0.1, -0.05) is 0 Å². The minimum atomic E-state index is -0.871. The topological polar surface area (TPSA) is 78.4 Å². The molecule has 6 nitrogen and oxygen atoms in total. The number of carbonyl (C=O) groups is 1. The number of aliphatic carboxylic acids is 1. The number of nitrogens with one attached hydrogen (secondary N) is 1. The van der Waals surface area contributed by atoms with E-state index in [1.165, 1.54) is 0 Å². The molecule has 0 unspecified atom stereocenters. The van der Waals surface area contributed by atoms with Crippen molar-refractivity contribution >= 4 is 23.4 Å². The number of nitrogens with zero attached hydrogens (tertiary/aromatic N) is 3. The highest BCUT2D eigenvalue weighted by molar-refractivity contribution is 6.28. The van der Waals surface area contributed by atoms with E-state index in [4.69, 9.17) is 16.7 Å². The van der Waals surface area contributed by atoms with Crippen LogP contribution >= 0.6 is 11.6 Å². The largest absolute Gasteiger partial charge is 0.480 e. The van der Waals surface area contributed by atoms with Crippen molar-refractivity contribution < 1.29 is 9.90 Å². The van der Waals surface area contributed by atoms with Crippen LogP contribution in [0.3, 0.4) is 0 Å². The maximum absolute atomic E-state index is 11.1. The fourth-order valence-electron chi connectivity index (χ4n) is 1.86. The molecule has 7 heteroatoms. The molecule has 1 saturated heterocycles. The molecular formula is C10H13ClN4O2. The van der Waals surface area contributed by atoms with Crippen molar-refractivity contribution in [3.05, 3.63) is 17.0 Å². The Morgan fingerprint density at radius 3 is 3.06 bits per heavy atom. The Morgan fingerprint density at radius 2 is 2.41 bits per heavy atom. The number of aromatic nitrogens is 2.